The molecule has 4 rings (SSSR count). The van der Waals surface area contributed by atoms with Crippen LogP contribution in [0.2, 0.25) is 5.02 Å². The Morgan fingerprint density at radius 2 is 1.90 bits per heavy atom. The Morgan fingerprint density at radius 3 is 2.65 bits per heavy atom. The molecule has 1 N–H and O–H groups in total. The van der Waals surface area contributed by atoms with Gasteiger partial charge in [0.15, 0.2) is 5.78 Å². The van der Waals surface area contributed by atoms with E-state index in [1.54, 1.807) is 24.3 Å². The van der Waals surface area contributed by atoms with Gasteiger partial charge in [-0.05, 0) is 43.7 Å². The van der Waals surface area contributed by atoms with Crippen molar-refractivity contribution >= 4 is 62.3 Å². The SMILES string of the molecule is CC(=O)c1cccc(NC(=O)C(C)Sc2ncnc3scc(-c4ccc(Cl)cc4)c23)c1. The third kappa shape index (κ3) is 4.79. The van der Waals surface area contributed by atoms with Crippen LogP contribution in [0.15, 0.2) is 65.3 Å². The number of carbonyl (C=O) groups excluding carboxylic acids is 2. The molecular weight excluding hydrogens is 450 g/mol. The molecular formula is C23H18ClN3O2S2. The number of hydrogen-bond acceptors (Lipinski definition) is 6. The number of nitrogens with one attached hydrogen (secondary N) is 1. The Balaban J connectivity index is 1.58. The Hall–Kier alpha value is -2.74. The van der Waals surface area contributed by atoms with Crippen molar-refractivity contribution in [2.75, 3.05) is 5.32 Å². The fraction of sp³-hybridized carbons (Fsp3) is 0.130. The number of anilines is 1. The van der Waals surface area contributed by atoms with Crippen molar-refractivity contribution in [1.82, 2.24) is 9.97 Å². The number of amides is 1. The lowest BCUT2D eigenvalue weighted by atomic mass is 10.1. The second kappa shape index (κ2) is 9.18. The summed E-state index contributed by atoms with van der Waals surface area (Å²) >= 11 is 8.95. The maximum absolute atomic E-state index is 12.8. The molecule has 156 valence electrons. The van der Waals surface area contributed by atoms with Gasteiger partial charge in [0.25, 0.3) is 0 Å². The fourth-order valence-electron chi connectivity index (χ4n) is 3.06. The number of nitrogens with zero attached hydrogens (tertiary/aromatic N) is 2. The number of carbonyl (C=O) groups is 2. The highest BCUT2D eigenvalue weighted by Crippen LogP contribution is 2.39. The molecule has 1 unspecified atom stereocenters. The van der Waals surface area contributed by atoms with E-state index in [-0.39, 0.29) is 11.7 Å². The van der Waals surface area contributed by atoms with Gasteiger partial charge in [-0.1, -0.05) is 47.6 Å². The van der Waals surface area contributed by atoms with E-state index < -0.39 is 5.25 Å². The predicted molar refractivity (Wildman–Crippen MR) is 128 cm³/mol. The van der Waals surface area contributed by atoms with Gasteiger partial charge in [0.2, 0.25) is 5.91 Å². The highest BCUT2D eigenvalue weighted by Gasteiger charge is 2.20. The van der Waals surface area contributed by atoms with E-state index in [9.17, 15) is 9.59 Å². The van der Waals surface area contributed by atoms with Gasteiger partial charge < -0.3 is 5.32 Å². The first-order valence-electron chi connectivity index (χ1n) is 9.49. The van der Waals surface area contributed by atoms with Crippen LogP contribution < -0.4 is 5.32 Å². The number of aromatic nitrogens is 2. The summed E-state index contributed by atoms with van der Waals surface area (Å²) in [6, 6.07) is 14.5. The summed E-state index contributed by atoms with van der Waals surface area (Å²) in [6.45, 7) is 3.33. The minimum Gasteiger partial charge on any atom is -0.325 e. The lowest BCUT2D eigenvalue weighted by Crippen LogP contribution is -2.22. The van der Waals surface area contributed by atoms with Gasteiger partial charge in [0.1, 0.15) is 16.2 Å². The monoisotopic (exact) mass is 467 g/mol. The third-order valence-electron chi connectivity index (χ3n) is 4.68. The van der Waals surface area contributed by atoms with Crippen LogP contribution in [0.25, 0.3) is 21.3 Å². The van der Waals surface area contributed by atoms with Crippen molar-refractivity contribution in [2.24, 2.45) is 0 Å². The van der Waals surface area contributed by atoms with Gasteiger partial charge in [0.05, 0.1) is 10.6 Å². The molecule has 31 heavy (non-hydrogen) atoms. The van der Waals surface area contributed by atoms with Crippen LogP contribution >= 0.6 is 34.7 Å². The largest absolute Gasteiger partial charge is 0.325 e. The smallest absolute Gasteiger partial charge is 0.237 e. The molecule has 0 fully saturated rings. The number of thiophene rings is 1. The number of rotatable bonds is 6. The normalized spacial score (nSPS) is 12.0. The first kappa shape index (κ1) is 21.5. The zero-order valence-electron chi connectivity index (χ0n) is 16.8. The molecule has 2 heterocycles. The summed E-state index contributed by atoms with van der Waals surface area (Å²) in [5, 5.41) is 6.87. The van der Waals surface area contributed by atoms with Crippen LogP contribution in [0.3, 0.4) is 0 Å². The quantitative estimate of drug-likeness (QED) is 0.203. The lowest BCUT2D eigenvalue weighted by Gasteiger charge is -2.13. The van der Waals surface area contributed by atoms with E-state index in [0.717, 1.165) is 26.4 Å². The van der Waals surface area contributed by atoms with E-state index in [4.69, 9.17) is 11.6 Å². The van der Waals surface area contributed by atoms with Crippen LogP contribution in [0.5, 0.6) is 0 Å². The molecule has 5 nitrogen and oxygen atoms in total. The number of halogens is 1. The minimum absolute atomic E-state index is 0.0471. The highest BCUT2D eigenvalue weighted by atomic mass is 35.5. The molecule has 1 atom stereocenters. The van der Waals surface area contributed by atoms with E-state index in [1.807, 2.05) is 36.6 Å². The average molecular weight is 468 g/mol. The van der Waals surface area contributed by atoms with Crippen LogP contribution in [0, 0.1) is 0 Å². The van der Waals surface area contributed by atoms with Crippen molar-refractivity contribution in [2.45, 2.75) is 24.1 Å². The van der Waals surface area contributed by atoms with Crippen molar-refractivity contribution in [1.29, 1.82) is 0 Å². The van der Waals surface area contributed by atoms with Crippen LogP contribution in [-0.2, 0) is 4.79 Å². The topological polar surface area (TPSA) is 72.0 Å². The first-order chi connectivity index (χ1) is 14.9. The van der Waals surface area contributed by atoms with E-state index >= 15 is 0 Å². The number of hydrogen-bond donors (Lipinski definition) is 1. The molecule has 4 aromatic rings. The Kier molecular flexibility index (Phi) is 6.36. The van der Waals surface area contributed by atoms with E-state index in [1.165, 1.54) is 36.3 Å². The van der Waals surface area contributed by atoms with E-state index in [2.05, 4.69) is 15.3 Å². The molecule has 0 saturated carbocycles. The summed E-state index contributed by atoms with van der Waals surface area (Å²) in [7, 11) is 0. The number of thioether (sulfide) groups is 1. The molecule has 0 aliphatic rings. The van der Waals surface area contributed by atoms with Crippen molar-refractivity contribution in [3.05, 3.63) is 70.8 Å². The molecule has 1 amide bonds. The molecule has 0 aliphatic heterocycles. The highest BCUT2D eigenvalue weighted by molar-refractivity contribution is 8.00. The molecule has 2 aromatic carbocycles. The zero-order valence-corrected chi connectivity index (χ0v) is 19.1. The van der Waals surface area contributed by atoms with Crippen LogP contribution in [0.1, 0.15) is 24.2 Å². The summed E-state index contributed by atoms with van der Waals surface area (Å²) in [4.78, 5) is 34.1. The van der Waals surface area contributed by atoms with Crippen molar-refractivity contribution in [3.63, 3.8) is 0 Å². The van der Waals surface area contributed by atoms with Gasteiger partial charge in [-0.25, -0.2) is 9.97 Å². The number of Topliss-reactive ketones (excluding diaryl/α,β-unsaturated/α-hetero) is 1. The number of ketones is 1. The molecule has 0 bridgehead atoms. The summed E-state index contributed by atoms with van der Waals surface area (Å²) in [5.41, 5.74) is 3.18. The number of fused-ring (bicyclic) bond motifs is 1. The van der Waals surface area contributed by atoms with Gasteiger partial charge in [-0.2, -0.15) is 0 Å². The summed E-state index contributed by atoms with van der Waals surface area (Å²) in [6.07, 6.45) is 1.52. The molecule has 8 heteroatoms. The standard InChI is InChI=1S/C23H18ClN3O2S2/c1-13(28)16-4-3-5-18(10-16)27-21(29)14(2)31-23-20-19(11-30-22(20)25-12-26-23)15-6-8-17(24)9-7-15/h3-12,14H,1-2H3,(H,27,29). The van der Waals surface area contributed by atoms with Gasteiger partial charge in [-0.3, -0.25) is 9.59 Å². The summed E-state index contributed by atoms with van der Waals surface area (Å²) in [5.74, 6) is -0.213. The Bertz CT molecular complexity index is 1270. The van der Waals surface area contributed by atoms with Crippen molar-refractivity contribution < 1.29 is 9.59 Å². The van der Waals surface area contributed by atoms with Crippen molar-refractivity contribution in [3.8, 4) is 11.1 Å². The number of benzene rings is 2. The molecule has 0 aliphatic carbocycles. The Labute approximate surface area is 192 Å². The maximum Gasteiger partial charge on any atom is 0.237 e. The fourth-order valence-corrected chi connectivity index (χ4v) is 5.10. The van der Waals surface area contributed by atoms with Gasteiger partial charge >= 0.3 is 0 Å². The first-order valence-corrected chi connectivity index (χ1v) is 11.6. The second-order valence-corrected chi connectivity index (χ2v) is 9.53. The average Bonchev–Trinajstić information content (AvgIpc) is 3.19. The van der Waals surface area contributed by atoms with Gasteiger partial charge in [-0.15, -0.1) is 11.3 Å². The maximum atomic E-state index is 12.8. The molecule has 2 aromatic heterocycles. The molecule has 0 radical (unpaired) electrons. The second-order valence-electron chi connectivity index (χ2n) is 6.90. The molecule has 0 saturated heterocycles. The minimum atomic E-state index is -0.406. The Morgan fingerprint density at radius 1 is 1.13 bits per heavy atom. The zero-order chi connectivity index (χ0) is 22.0. The lowest BCUT2D eigenvalue weighted by molar-refractivity contribution is -0.115. The van der Waals surface area contributed by atoms with E-state index in [0.29, 0.717) is 16.3 Å². The van der Waals surface area contributed by atoms with Crippen LogP contribution in [0.4, 0.5) is 5.69 Å². The molecule has 0 spiro atoms. The third-order valence-corrected chi connectivity index (χ3v) is 6.92. The van der Waals surface area contributed by atoms with Crippen LogP contribution in [-0.4, -0.2) is 26.9 Å². The predicted octanol–water partition coefficient (Wildman–Crippen LogP) is 6.33. The summed E-state index contributed by atoms with van der Waals surface area (Å²) < 4.78 is 0. The van der Waals surface area contributed by atoms with Gasteiger partial charge in [0, 0.05) is 27.2 Å².